The number of nitrogens with zero attached hydrogens (tertiary/aromatic N) is 2. The zero-order valence-corrected chi connectivity index (χ0v) is 17.1. The smallest absolute Gasteiger partial charge is 0.408 e. The summed E-state index contributed by atoms with van der Waals surface area (Å²) < 4.78 is 5.30. The number of carbonyl (C=O) groups excluding carboxylic acids is 3. The fourth-order valence-corrected chi connectivity index (χ4v) is 3.67. The molecular weight excluding hydrogens is 372 g/mol. The number of carbonyl (C=O) groups is 3. The first-order chi connectivity index (χ1) is 13.6. The first kappa shape index (κ1) is 20.6. The largest absolute Gasteiger partial charge is 0.444 e. The molecule has 0 spiro atoms. The highest BCUT2D eigenvalue weighted by atomic mass is 16.6. The van der Waals surface area contributed by atoms with Crippen LogP contribution in [0.3, 0.4) is 0 Å². The SMILES string of the molecule is C[C@@H]1[C@@H](NC(=O)OC(C)(C)C)CN1c1ccc(C2CCC(=O)NC2=O)cc1C#N. The van der Waals surface area contributed by atoms with E-state index >= 15 is 0 Å². The minimum atomic E-state index is -0.559. The maximum Gasteiger partial charge on any atom is 0.408 e. The average molecular weight is 398 g/mol. The number of nitrogens with one attached hydrogen (secondary N) is 2. The van der Waals surface area contributed by atoms with Crippen LogP contribution in [0, 0.1) is 11.3 Å². The van der Waals surface area contributed by atoms with Crippen molar-refractivity contribution in [2.75, 3.05) is 11.4 Å². The second-order valence-electron chi connectivity index (χ2n) is 8.54. The number of alkyl carbamates (subject to hydrolysis) is 1. The van der Waals surface area contributed by atoms with Gasteiger partial charge in [-0.15, -0.1) is 0 Å². The predicted octanol–water partition coefficient (Wildman–Crippen LogP) is 2.18. The van der Waals surface area contributed by atoms with Crippen molar-refractivity contribution in [2.45, 2.75) is 64.1 Å². The Balaban J connectivity index is 1.69. The van der Waals surface area contributed by atoms with Crippen LogP contribution in [-0.2, 0) is 14.3 Å². The fraction of sp³-hybridized carbons (Fsp3) is 0.524. The molecular formula is C21H26N4O4. The standard InChI is InChI=1S/C21H26N4O4/c1-12-16(23-20(28)29-21(2,3)4)11-25(12)17-7-5-13(9-14(17)10-22)15-6-8-18(26)24-19(15)27/h5,7,9,12,15-16H,6,8,11H2,1-4H3,(H,23,28)(H,24,26,27)/t12-,15?,16+/m1/s1. The number of amides is 3. The molecule has 154 valence electrons. The number of hydrogen-bond donors (Lipinski definition) is 2. The Hall–Kier alpha value is -3.08. The summed E-state index contributed by atoms with van der Waals surface area (Å²) in [6.45, 7) is 7.97. The van der Waals surface area contributed by atoms with Gasteiger partial charge in [0.1, 0.15) is 11.7 Å². The second kappa shape index (κ2) is 7.74. The van der Waals surface area contributed by atoms with E-state index in [0.29, 0.717) is 24.9 Å². The molecule has 3 amide bonds. The Bertz CT molecular complexity index is 884. The third kappa shape index (κ3) is 4.50. The minimum Gasteiger partial charge on any atom is -0.444 e. The van der Waals surface area contributed by atoms with E-state index in [1.807, 2.05) is 44.7 Å². The summed E-state index contributed by atoms with van der Waals surface area (Å²) in [6, 6.07) is 7.50. The topological polar surface area (TPSA) is 112 Å². The van der Waals surface area contributed by atoms with Gasteiger partial charge in [0.15, 0.2) is 0 Å². The number of ether oxygens (including phenoxy) is 1. The van der Waals surface area contributed by atoms with E-state index in [1.165, 1.54) is 0 Å². The lowest BCUT2D eigenvalue weighted by atomic mass is 9.88. The van der Waals surface area contributed by atoms with Gasteiger partial charge >= 0.3 is 6.09 Å². The number of anilines is 1. The molecule has 1 unspecified atom stereocenters. The van der Waals surface area contributed by atoms with Gasteiger partial charge in [0, 0.05) is 19.0 Å². The summed E-state index contributed by atoms with van der Waals surface area (Å²) in [6.07, 6.45) is 0.278. The summed E-state index contributed by atoms with van der Waals surface area (Å²) in [4.78, 5) is 37.5. The molecule has 2 N–H and O–H groups in total. The molecule has 2 aliphatic rings. The molecule has 3 atom stereocenters. The maximum atomic E-state index is 12.1. The highest BCUT2D eigenvalue weighted by molar-refractivity contribution is 6.01. The van der Waals surface area contributed by atoms with E-state index in [1.54, 1.807) is 6.07 Å². The first-order valence-corrected chi connectivity index (χ1v) is 9.73. The van der Waals surface area contributed by atoms with Crippen molar-refractivity contribution < 1.29 is 19.1 Å². The van der Waals surface area contributed by atoms with E-state index in [2.05, 4.69) is 16.7 Å². The molecule has 0 radical (unpaired) electrons. The molecule has 0 bridgehead atoms. The molecule has 3 rings (SSSR count). The lowest BCUT2D eigenvalue weighted by Gasteiger charge is -2.48. The molecule has 0 aromatic heterocycles. The van der Waals surface area contributed by atoms with Gasteiger partial charge < -0.3 is 15.0 Å². The summed E-state index contributed by atoms with van der Waals surface area (Å²) in [7, 11) is 0. The number of hydrogen-bond acceptors (Lipinski definition) is 6. The first-order valence-electron chi connectivity index (χ1n) is 9.73. The zero-order valence-electron chi connectivity index (χ0n) is 17.1. The minimum absolute atomic E-state index is 0.00364. The summed E-state index contributed by atoms with van der Waals surface area (Å²) >= 11 is 0. The van der Waals surface area contributed by atoms with Crippen molar-refractivity contribution in [1.29, 1.82) is 5.26 Å². The van der Waals surface area contributed by atoms with Crippen molar-refractivity contribution in [1.82, 2.24) is 10.6 Å². The zero-order chi connectivity index (χ0) is 21.3. The molecule has 2 saturated heterocycles. The van der Waals surface area contributed by atoms with Gasteiger partial charge in [-0.3, -0.25) is 14.9 Å². The molecule has 0 aliphatic carbocycles. The van der Waals surface area contributed by atoms with Gasteiger partial charge in [0.2, 0.25) is 11.8 Å². The average Bonchev–Trinajstić information content (AvgIpc) is 2.63. The normalized spacial score (nSPS) is 24.2. The Morgan fingerprint density at radius 1 is 1.34 bits per heavy atom. The van der Waals surface area contributed by atoms with Gasteiger partial charge in [0.25, 0.3) is 0 Å². The van der Waals surface area contributed by atoms with Crippen LogP contribution in [0.1, 0.15) is 57.6 Å². The molecule has 1 aromatic rings. The van der Waals surface area contributed by atoms with Crippen LogP contribution in [-0.4, -0.2) is 42.1 Å². The molecule has 2 heterocycles. The number of rotatable bonds is 3. The number of benzene rings is 1. The molecule has 8 heteroatoms. The molecule has 2 fully saturated rings. The predicted molar refractivity (Wildman–Crippen MR) is 106 cm³/mol. The quantitative estimate of drug-likeness (QED) is 0.755. The lowest BCUT2D eigenvalue weighted by Crippen LogP contribution is -2.66. The van der Waals surface area contributed by atoms with Crippen LogP contribution in [0.25, 0.3) is 0 Å². The molecule has 0 saturated carbocycles. The van der Waals surface area contributed by atoms with Gasteiger partial charge in [-0.1, -0.05) is 6.07 Å². The van der Waals surface area contributed by atoms with Crippen LogP contribution < -0.4 is 15.5 Å². The van der Waals surface area contributed by atoms with Crippen LogP contribution >= 0.6 is 0 Å². The Labute approximate surface area is 170 Å². The van der Waals surface area contributed by atoms with Crippen molar-refractivity contribution in [2.24, 2.45) is 0 Å². The molecule has 8 nitrogen and oxygen atoms in total. The summed E-state index contributed by atoms with van der Waals surface area (Å²) in [5.41, 5.74) is 1.40. The van der Waals surface area contributed by atoms with Gasteiger partial charge in [-0.05, 0) is 51.8 Å². The van der Waals surface area contributed by atoms with Crippen molar-refractivity contribution in [3.05, 3.63) is 29.3 Å². The monoisotopic (exact) mass is 398 g/mol. The van der Waals surface area contributed by atoms with Crippen molar-refractivity contribution in [3.63, 3.8) is 0 Å². The maximum absolute atomic E-state index is 12.1. The number of piperidine rings is 1. The second-order valence-corrected chi connectivity index (χ2v) is 8.54. The Morgan fingerprint density at radius 2 is 2.07 bits per heavy atom. The highest BCUT2D eigenvalue weighted by Gasteiger charge is 2.39. The summed E-state index contributed by atoms with van der Waals surface area (Å²) in [5.74, 6) is -1.01. The highest BCUT2D eigenvalue weighted by Crippen LogP contribution is 2.33. The van der Waals surface area contributed by atoms with Gasteiger partial charge in [0.05, 0.1) is 23.2 Å². The fourth-order valence-electron chi connectivity index (χ4n) is 3.67. The molecule has 1 aromatic carbocycles. The van der Waals surface area contributed by atoms with Crippen LogP contribution in [0.15, 0.2) is 18.2 Å². The Morgan fingerprint density at radius 3 is 2.66 bits per heavy atom. The lowest BCUT2D eigenvalue weighted by molar-refractivity contribution is -0.134. The van der Waals surface area contributed by atoms with Crippen molar-refractivity contribution >= 4 is 23.6 Å². The van der Waals surface area contributed by atoms with Gasteiger partial charge in [-0.25, -0.2) is 4.79 Å². The summed E-state index contributed by atoms with van der Waals surface area (Å²) in [5, 5.41) is 14.8. The Kier molecular flexibility index (Phi) is 5.51. The van der Waals surface area contributed by atoms with Crippen LogP contribution in [0.2, 0.25) is 0 Å². The van der Waals surface area contributed by atoms with E-state index in [9.17, 15) is 19.6 Å². The van der Waals surface area contributed by atoms with E-state index in [0.717, 1.165) is 11.3 Å². The van der Waals surface area contributed by atoms with Crippen molar-refractivity contribution in [3.8, 4) is 6.07 Å². The van der Waals surface area contributed by atoms with Crippen LogP contribution in [0.5, 0.6) is 0 Å². The van der Waals surface area contributed by atoms with E-state index in [-0.39, 0.29) is 23.9 Å². The van der Waals surface area contributed by atoms with Gasteiger partial charge in [-0.2, -0.15) is 5.26 Å². The number of imide groups is 1. The third-order valence-corrected chi connectivity index (χ3v) is 5.26. The molecule has 29 heavy (non-hydrogen) atoms. The van der Waals surface area contributed by atoms with E-state index in [4.69, 9.17) is 4.74 Å². The number of nitriles is 1. The van der Waals surface area contributed by atoms with E-state index < -0.39 is 17.6 Å². The third-order valence-electron chi connectivity index (χ3n) is 5.26. The van der Waals surface area contributed by atoms with Crippen LogP contribution in [0.4, 0.5) is 10.5 Å². The molecule has 2 aliphatic heterocycles.